The van der Waals surface area contributed by atoms with Gasteiger partial charge in [0.05, 0.1) is 21.4 Å². The quantitative estimate of drug-likeness (QED) is 0.620. The smallest absolute Gasteiger partial charge is 0.417 e. The number of aryl methyl sites for hydroxylation is 1. The lowest BCUT2D eigenvalue weighted by molar-refractivity contribution is -0.139. The highest BCUT2D eigenvalue weighted by molar-refractivity contribution is 7.82. The Morgan fingerprint density at radius 3 is 2.61 bits per heavy atom. The van der Waals surface area contributed by atoms with Gasteiger partial charge in [0.25, 0.3) is 0 Å². The number of carboxylic acids is 1. The second kappa shape index (κ2) is 9.27. The van der Waals surface area contributed by atoms with Crippen molar-refractivity contribution in [2.45, 2.75) is 49.2 Å². The van der Waals surface area contributed by atoms with E-state index in [1.807, 2.05) is 22.2 Å². The molecule has 1 saturated heterocycles. The number of piperazine rings is 1. The van der Waals surface area contributed by atoms with Crippen molar-refractivity contribution >= 4 is 34.2 Å². The van der Waals surface area contributed by atoms with Gasteiger partial charge in [-0.15, -0.1) is 0 Å². The number of alkyl halides is 3. The van der Waals surface area contributed by atoms with Crippen LogP contribution in [0.2, 0.25) is 5.02 Å². The highest BCUT2D eigenvalue weighted by atomic mass is 35.5. The lowest BCUT2D eigenvalue weighted by atomic mass is 10.0. The first kappa shape index (κ1) is 24.0. The van der Waals surface area contributed by atoms with E-state index in [0.717, 1.165) is 17.2 Å². The van der Waals surface area contributed by atoms with Crippen LogP contribution in [0, 0.1) is 0 Å². The number of nitrogens with zero attached hydrogens (tertiary/aromatic N) is 2. The van der Waals surface area contributed by atoms with E-state index in [-0.39, 0.29) is 11.1 Å². The van der Waals surface area contributed by atoms with E-state index in [9.17, 15) is 27.3 Å². The zero-order valence-electron chi connectivity index (χ0n) is 17.9. The maximum Gasteiger partial charge on any atom is 0.417 e. The first-order chi connectivity index (χ1) is 15.6. The molecule has 1 fully saturated rings. The van der Waals surface area contributed by atoms with E-state index in [2.05, 4.69) is 0 Å². The van der Waals surface area contributed by atoms with Gasteiger partial charge < -0.3 is 10.0 Å². The summed E-state index contributed by atoms with van der Waals surface area (Å²) in [5.74, 6) is -1.44. The Bertz CT molecular complexity index is 1100. The molecule has 10 heteroatoms. The molecule has 1 heterocycles. The second-order valence-corrected chi connectivity index (χ2v) is 10.2. The average molecular weight is 501 g/mol. The fourth-order valence-corrected chi connectivity index (χ4v) is 6.33. The number of aliphatic carboxylic acids is 1. The van der Waals surface area contributed by atoms with Gasteiger partial charge in [-0.3, -0.25) is 4.79 Å². The van der Waals surface area contributed by atoms with Crippen molar-refractivity contribution in [2.24, 2.45) is 0 Å². The van der Waals surface area contributed by atoms with Crippen molar-refractivity contribution in [2.75, 3.05) is 24.5 Å². The molecule has 0 amide bonds. The molecule has 2 aromatic carbocycles. The highest BCUT2D eigenvalue weighted by Crippen LogP contribution is 2.38. The van der Waals surface area contributed by atoms with Gasteiger partial charge in [-0.2, -0.15) is 13.2 Å². The molecule has 1 aliphatic heterocycles. The molecule has 0 radical (unpaired) electrons. The topological polar surface area (TPSA) is 60.9 Å². The first-order valence-corrected chi connectivity index (χ1v) is 12.2. The molecule has 178 valence electrons. The van der Waals surface area contributed by atoms with E-state index >= 15 is 0 Å². The van der Waals surface area contributed by atoms with Crippen molar-refractivity contribution in [3.8, 4) is 0 Å². The van der Waals surface area contributed by atoms with Crippen LogP contribution in [0.15, 0.2) is 41.3 Å². The maximum atomic E-state index is 13.4. The molecule has 4 rings (SSSR count). The molecule has 1 N–H and O–H groups in total. The van der Waals surface area contributed by atoms with Crippen LogP contribution in [-0.4, -0.2) is 45.3 Å². The third-order valence-electron chi connectivity index (χ3n) is 6.43. The minimum atomic E-state index is -4.51. The van der Waals surface area contributed by atoms with Crippen molar-refractivity contribution < 1.29 is 27.3 Å². The Balaban J connectivity index is 1.52. The van der Waals surface area contributed by atoms with Crippen LogP contribution in [0.4, 0.5) is 18.9 Å². The summed E-state index contributed by atoms with van der Waals surface area (Å²) in [6.45, 7) is 3.39. The largest absolute Gasteiger partial charge is 0.481 e. The van der Waals surface area contributed by atoms with E-state index in [4.69, 9.17) is 11.6 Å². The van der Waals surface area contributed by atoms with Crippen LogP contribution < -0.4 is 4.90 Å². The van der Waals surface area contributed by atoms with Crippen molar-refractivity contribution in [3.05, 3.63) is 58.1 Å². The van der Waals surface area contributed by atoms with Gasteiger partial charge in [0, 0.05) is 31.4 Å². The lowest BCUT2D eigenvalue weighted by Crippen LogP contribution is -2.53. The summed E-state index contributed by atoms with van der Waals surface area (Å²) in [5, 5.41) is 9.13. The Hall–Kier alpha value is -2.10. The molecule has 33 heavy (non-hydrogen) atoms. The average Bonchev–Trinajstić information content (AvgIpc) is 3.20. The van der Waals surface area contributed by atoms with Gasteiger partial charge in [-0.05, 0) is 60.7 Å². The van der Waals surface area contributed by atoms with Crippen LogP contribution in [-0.2, 0) is 28.4 Å². The lowest BCUT2D eigenvalue weighted by Gasteiger charge is -2.41. The number of benzene rings is 2. The highest BCUT2D eigenvalue weighted by Gasteiger charge is 2.35. The number of hydrogen-bond donors (Lipinski definition) is 1. The Morgan fingerprint density at radius 1 is 1.21 bits per heavy atom. The normalized spacial score (nSPS) is 22.3. The van der Waals surface area contributed by atoms with Crippen molar-refractivity contribution in [1.82, 2.24) is 4.31 Å². The third-order valence-corrected chi connectivity index (χ3v) is 8.31. The van der Waals surface area contributed by atoms with Gasteiger partial charge in [0.15, 0.2) is 0 Å². The number of fused-ring (bicyclic) bond motifs is 1. The fourth-order valence-electron chi connectivity index (χ4n) is 4.64. The van der Waals surface area contributed by atoms with Gasteiger partial charge >= 0.3 is 12.1 Å². The number of halogens is 4. The van der Waals surface area contributed by atoms with Crippen LogP contribution in [0.25, 0.3) is 0 Å². The Kier molecular flexibility index (Phi) is 6.75. The van der Waals surface area contributed by atoms with E-state index < -0.39 is 34.6 Å². The van der Waals surface area contributed by atoms with Crippen LogP contribution in [0.1, 0.15) is 42.4 Å². The minimum Gasteiger partial charge on any atom is -0.481 e. The number of anilines is 1. The van der Waals surface area contributed by atoms with Gasteiger partial charge in [0.2, 0.25) is 0 Å². The second-order valence-electron chi connectivity index (χ2n) is 8.35. The number of rotatable bonds is 5. The SMILES string of the molecule is CCC1CN(c2ccc(C(F)(F)F)c(Cl)c2)CCN1S(=O)c1ccc2c(c1)C(C(=O)O)CC2. The van der Waals surface area contributed by atoms with E-state index in [0.29, 0.717) is 49.5 Å². The minimum absolute atomic E-state index is 0.0934. The summed E-state index contributed by atoms with van der Waals surface area (Å²) in [4.78, 5) is 14.1. The number of hydrogen-bond acceptors (Lipinski definition) is 3. The summed E-state index contributed by atoms with van der Waals surface area (Å²) in [6, 6.07) is 9.07. The van der Waals surface area contributed by atoms with Crippen molar-refractivity contribution in [1.29, 1.82) is 0 Å². The first-order valence-electron chi connectivity index (χ1n) is 10.8. The zero-order chi connectivity index (χ0) is 23.9. The molecule has 2 aliphatic rings. The standard InChI is InChI=1S/C23H24ClF3N2O3S/c1-2-15-13-28(16-5-8-20(21(24)11-16)23(25,26)27)9-10-29(15)33(32)17-6-3-14-4-7-18(22(30)31)19(14)12-17/h3,5-6,8,11-12,15,18H,2,4,7,9-10,13H2,1H3,(H,30,31). The molecule has 2 aromatic rings. The predicted molar refractivity (Wildman–Crippen MR) is 121 cm³/mol. The maximum absolute atomic E-state index is 13.4. The van der Waals surface area contributed by atoms with Gasteiger partial charge in [-0.25, -0.2) is 8.51 Å². The molecule has 0 spiro atoms. The van der Waals surface area contributed by atoms with Crippen LogP contribution >= 0.6 is 11.6 Å². The molecular formula is C23H24ClF3N2O3S. The summed E-state index contributed by atoms with van der Waals surface area (Å²) >= 11 is 5.90. The summed E-state index contributed by atoms with van der Waals surface area (Å²) in [5.41, 5.74) is 1.45. The monoisotopic (exact) mass is 500 g/mol. The molecule has 5 nitrogen and oxygen atoms in total. The number of carbonyl (C=O) groups is 1. The van der Waals surface area contributed by atoms with Crippen LogP contribution in [0.3, 0.4) is 0 Å². The van der Waals surface area contributed by atoms with Gasteiger partial charge in [-0.1, -0.05) is 24.6 Å². The number of carboxylic acid groups (broad SMARTS) is 1. The summed E-state index contributed by atoms with van der Waals surface area (Å²) in [6.07, 6.45) is -2.57. The molecule has 1 aliphatic carbocycles. The molecule has 0 bridgehead atoms. The third kappa shape index (κ3) is 4.76. The molecule has 3 atom stereocenters. The Morgan fingerprint density at radius 2 is 1.97 bits per heavy atom. The molecule has 0 aromatic heterocycles. The molecular weight excluding hydrogens is 477 g/mol. The zero-order valence-corrected chi connectivity index (χ0v) is 19.5. The van der Waals surface area contributed by atoms with E-state index in [1.54, 1.807) is 12.1 Å². The molecule has 3 unspecified atom stereocenters. The fraction of sp³-hybridized carbons (Fsp3) is 0.435. The summed E-state index contributed by atoms with van der Waals surface area (Å²) in [7, 11) is -1.47. The van der Waals surface area contributed by atoms with Crippen LogP contribution in [0.5, 0.6) is 0 Å². The Labute approximate surface area is 197 Å². The van der Waals surface area contributed by atoms with E-state index in [1.165, 1.54) is 12.1 Å². The molecule has 0 saturated carbocycles. The van der Waals surface area contributed by atoms with Crippen molar-refractivity contribution in [3.63, 3.8) is 0 Å². The predicted octanol–water partition coefficient (Wildman–Crippen LogP) is 5.10. The van der Waals surface area contributed by atoms with Gasteiger partial charge in [0.1, 0.15) is 11.0 Å². The summed E-state index contributed by atoms with van der Waals surface area (Å²) < 4.78 is 54.4.